The average molecular weight is 196 g/mol. The summed E-state index contributed by atoms with van der Waals surface area (Å²) in [6.07, 6.45) is 9.61. The van der Waals surface area contributed by atoms with Gasteiger partial charge in [-0.3, -0.25) is 0 Å². The van der Waals surface area contributed by atoms with E-state index < -0.39 is 0 Å². The number of hydrogen-bond donors (Lipinski definition) is 2. The second-order valence-electron chi connectivity index (χ2n) is 5.14. The first kappa shape index (κ1) is 10.4. The van der Waals surface area contributed by atoms with Gasteiger partial charge in [-0.2, -0.15) is 0 Å². The first-order valence-electron chi connectivity index (χ1n) is 6.32. The molecule has 14 heavy (non-hydrogen) atoms. The Bertz CT molecular complexity index is 160. The maximum Gasteiger partial charge on any atom is 0.00671 e. The predicted molar refractivity (Wildman–Crippen MR) is 60.1 cm³/mol. The Morgan fingerprint density at radius 1 is 1.29 bits per heavy atom. The lowest BCUT2D eigenvalue weighted by atomic mass is 9.78. The second kappa shape index (κ2) is 5.13. The quantitative estimate of drug-likeness (QED) is 0.705. The fraction of sp³-hybridized carbons (Fsp3) is 1.00. The zero-order valence-corrected chi connectivity index (χ0v) is 9.17. The van der Waals surface area contributed by atoms with E-state index in [0.717, 1.165) is 11.8 Å². The molecule has 1 aliphatic heterocycles. The molecule has 0 aromatic rings. The van der Waals surface area contributed by atoms with Crippen LogP contribution in [0.15, 0.2) is 0 Å². The van der Waals surface area contributed by atoms with Crippen LogP contribution in [0.3, 0.4) is 0 Å². The van der Waals surface area contributed by atoms with Gasteiger partial charge in [-0.05, 0) is 57.0 Å². The summed E-state index contributed by atoms with van der Waals surface area (Å²) in [5.41, 5.74) is 6.15. The molecule has 3 N–H and O–H groups in total. The lowest BCUT2D eigenvalue weighted by Gasteiger charge is -2.31. The molecule has 2 fully saturated rings. The van der Waals surface area contributed by atoms with Crippen LogP contribution >= 0.6 is 0 Å². The fourth-order valence-corrected chi connectivity index (χ4v) is 2.71. The summed E-state index contributed by atoms with van der Waals surface area (Å²) >= 11 is 0. The van der Waals surface area contributed by atoms with Crippen LogP contribution in [-0.2, 0) is 0 Å². The van der Waals surface area contributed by atoms with Crippen molar-refractivity contribution < 1.29 is 0 Å². The van der Waals surface area contributed by atoms with Gasteiger partial charge in [0, 0.05) is 6.04 Å². The monoisotopic (exact) mass is 196 g/mol. The minimum atomic E-state index is 0.512. The maximum absolute atomic E-state index is 6.15. The van der Waals surface area contributed by atoms with E-state index in [-0.39, 0.29) is 0 Å². The van der Waals surface area contributed by atoms with E-state index in [1.54, 1.807) is 0 Å². The SMILES string of the molecule is NC(CCCC1CCNC1)C1CCC1. The lowest BCUT2D eigenvalue weighted by molar-refractivity contribution is 0.247. The van der Waals surface area contributed by atoms with Gasteiger partial charge in [-0.15, -0.1) is 0 Å². The Balaban J connectivity index is 1.52. The summed E-state index contributed by atoms with van der Waals surface area (Å²) < 4.78 is 0. The number of hydrogen-bond acceptors (Lipinski definition) is 2. The first-order chi connectivity index (χ1) is 6.86. The van der Waals surface area contributed by atoms with Crippen LogP contribution in [-0.4, -0.2) is 19.1 Å². The highest BCUT2D eigenvalue weighted by atomic mass is 14.9. The van der Waals surface area contributed by atoms with Gasteiger partial charge in [0.05, 0.1) is 0 Å². The van der Waals surface area contributed by atoms with Crippen LogP contribution in [0, 0.1) is 11.8 Å². The molecule has 2 atom stereocenters. The summed E-state index contributed by atoms with van der Waals surface area (Å²) in [6.45, 7) is 2.48. The smallest absolute Gasteiger partial charge is 0.00671 e. The van der Waals surface area contributed by atoms with Crippen LogP contribution < -0.4 is 11.1 Å². The number of rotatable bonds is 5. The highest BCUT2D eigenvalue weighted by Gasteiger charge is 2.24. The highest BCUT2D eigenvalue weighted by molar-refractivity contribution is 4.80. The van der Waals surface area contributed by atoms with Gasteiger partial charge >= 0.3 is 0 Å². The van der Waals surface area contributed by atoms with Gasteiger partial charge in [-0.1, -0.05) is 12.8 Å². The minimum Gasteiger partial charge on any atom is -0.327 e. The third kappa shape index (κ3) is 2.71. The molecule has 0 spiro atoms. The molecule has 2 unspecified atom stereocenters. The zero-order valence-electron chi connectivity index (χ0n) is 9.17. The summed E-state index contributed by atoms with van der Waals surface area (Å²) in [5.74, 6) is 1.82. The molecular formula is C12H24N2. The van der Waals surface area contributed by atoms with Crippen molar-refractivity contribution in [3.05, 3.63) is 0 Å². The van der Waals surface area contributed by atoms with Crippen LogP contribution in [0.4, 0.5) is 0 Å². The zero-order chi connectivity index (χ0) is 9.80. The fourth-order valence-electron chi connectivity index (χ4n) is 2.71. The predicted octanol–water partition coefficient (Wildman–Crippen LogP) is 1.89. The normalized spacial score (nSPS) is 30.2. The molecule has 0 amide bonds. The van der Waals surface area contributed by atoms with Gasteiger partial charge in [0.2, 0.25) is 0 Å². The lowest BCUT2D eigenvalue weighted by Crippen LogP contribution is -2.34. The van der Waals surface area contributed by atoms with Gasteiger partial charge < -0.3 is 11.1 Å². The van der Waals surface area contributed by atoms with E-state index in [4.69, 9.17) is 5.73 Å². The molecule has 82 valence electrons. The van der Waals surface area contributed by atoms with E-state index >= 15 is 0 Å². The van der Waals surface area contributed by atoms with Crippen molar-refractivity contribution in [1.82, 2.24) is 5.32 Å². The Morgan fingerprint density at radius 3 is 2.71 bits per heavy atom. The van der Waals surface area contributed by atoms with Crippen molar-refractivity contribution in [3.8, 4) is 0 Å². The summed E-state index contributed by atoms with van der Waals surface area (Å²) in [6, 6.07) is 0.512. The second-order valence-corrected chi connectivity index (χ2v) is 5.14. The van der Waals surface area contributed by atoms with Crippen molar-refractivity contribution in [2.75, 3.05) is 13.1 Å². The minimum absolute atomic E-state index is 0.512. The first-order valence-corrected chi connectivity index (χ1v) is 6.32. The highest BCUT2D eigenvalue weighted by Crippen LogP contribution is 2.30. The van der Waals surface area contributed by atoms with Gasteiger partial charge in [0.25, 0.3) is 0 Å². The molecule has 0 bridgehead atoms. The van der Waals surface area contributed by atoms with Crippen molar-refractivity contribution in [1.29, 1.82) is 0 Å². The molecular weight excluding hydrogens is 172 g/mol. The Labute approximate surface area is 87.6 Å². The van der Waals surface area contributed by atoms with Crippen molar-refractivity contribution in [3.63, 3.8) is 0 Å². The Kier molecular flexibility index (Phi) is 3.82. The molecule has 1 saturated carbocycles. The van der Waals surface area contributed by atoms with Gasteiger partial charge in [0.1, 0.15) is 0 Å². The van der Waals surface area contributed by atoms with E-state index in [0.29, 0.717) is 6.04 Å². The third-order valence-electron chi connectivity index (χ3n) is 4.07. The van der Waals surface area contributed by atoms with Gasteiger partial charge in [0.15, 0.2) is 0 Å². The van der Waals surface area contributed by atoms with Crippen LogP contribution in [0.1, 0.15) is 44.9 Å². The molecule has 2 nitrogen and oxygen atoms in total. The van der Waals surface area contributed by atoms with Crippen molar-refractivity contribution >= 4 is 0 Å². The average Bonchev–Trinajstić information content (AvgIpc) is 2.53. The van der Waals surface area contributed by atoms with E-state index in [1.807, 2.05) is 0 Å². The number of nitrogens with one attached hydrogen (secondary N) is 1. The summed E-state index contributed by atoms with van der Waals surface area (Å²) in [4.78, 5) is 0. The topological polar surface area (TPSA) is 38.0 Å². The standard InChI is InChI=1S/C12H24N2/c13-12(11-4-2-5-11)6-1-3-10-7-8-14-9-10/h10-12,14H,1-9,13H2. The third-order valence-corrected chi connectivity index (χ3v) is 4.07. The molecule has 1 saturated heterocycles. The Morgan fingerprint density at radius 2 is 2.14 bits per heavy atom. The number of nitrogens with two attached hydrogens (primary N) is 1. The van der Waals surface area contributed by atoms with Gasteiger partial charge in [-0.25, -0.2) is 0 Å². The molecule has 1 aliphatic carbocycles. The van der Waals surface area contributed by atoms with Crippen LogP contribution in [0.2, 0.25) is 0 Å². The summed E-state index contributed by atoms with van der Waals surface area (Å²) in [5, 5.41) is 3.42. The Hall–Kier alpha value is -0.0800. The molecule has 2 heteroatoms. The van der Waals surface area contributed by atoms with Crippen LogP contribution in [0.5, 0.6) is 0 Å². The summed E-state index contributed by atoms with van der Waals surface area (Å²) in [7, 11) is 0. The van der Waals surface area contributed by atoms with E-state index in [9.17, 15) is 0 Å². The largest absolute Gasteiger partial charge is 0.327 e. The van der Waals surface area contributed by atoms with Crippen LogP contribution in [0.25, 0.3) is 0 Å². The van der Waals surface area contributed by atoms with E-state index in [1.165, 1.54) is 58.0 Å². The molecule has 0 aromatic carbocycles. The molecule has 1 heterocycles. The molecule has 2 rings (SSSR count). The molecule has 2 aliphatic rings. The molecule has 0 aromatic heterocycles. The maximum atomic E-state index is 6.15. The van der Waals surface area contributed by atoms with Crippen molar-refractivity contribution in [2.45, 2.75) is 51.0 Å². The molecule has 0 radical (unpaired) electrons. The van der Waals surface area contributed by atoms with Crippen molar-refractivity contribution in [2.24, 2.45) is 17.6 Å². The van der Waals surface area contributed by atoms with E-state index in [2.05, 4.69) is 5.32 Å².